The Morgan fingerprint density at radius 3 is 1.22 bits per heavy atom. The summed E-state index contributed by atoms with van der Waals surface area (Å²) in [7, 11) is -8.77. The van der Waals surface area contributed by atoms with Gasteiger partial charge in [-0.3, -0.25) is 8.37 Å². The van der Waals surface area contributed by atoms with Crippen molar-refractivity contribution in [2.24, 2.45) is 0 Å². The van der Waals surface area contributed by atoms with Crippen LogP contribution in [0.4, 0.5) is 0 Å². The minimum absolute atomic E-state index is 0. The third-order valence-electron chi connectivity index (χ3n) is 7.38. The van der Waals surface area contributed by atoms with Gasteiger partial charge in [0.1, 0.15) is 49.8 Å². The molecule has 18 nitrogen and oxygen atoms in total. The van der Waals surface area contributed by atoms with Gasteiger partial charge in [0.15, 0.2) is 43.8 Å². The van der Waals surface area contributed by atoms with Crippen LogP contribution in [0.5, 0.6) is 0 Å². The van der Waals surface area contributed by atoms with Crippen LogP contribution in [0.3, 0.4) is 0 Å². The number of nitrogens with one attached hydrogen (secondary N) is 2. The first-order valence-electron chi connectivity index (χ1n) is 13.9. The van der Waals surface area contributed by atoms with Gasteiger partial charge in [-0.1, -0.05) is 0 Å². The molecule has 0 unspecified atom stereocenters. The standard InChI is InChI=1S/2C12H20NO8S.Zn/c2*1-10(2)18-7-5-16-12(6-17-22(13,14)15)9(8(7)19-10)20-11(3,4)21-12;/h2*7-9H,5-6H2,1-4H3,(H-,13,14,15);/q2*-1;+2/t2*7-,8-,9+,12+;/m11./s1. The molecule has 6 aliphatic rings. The Balaban J connectivity index is 0.000000200. The van der Waals surface area contributed by atoms with Crippen molar-refractivity contribution < 1.29 is 92.0 Å². The molecule has 0 amide bonds. The molecule has 6 rings (SSSR count). The van der Waals surface area contributed by atoms with Gasteiger partial charge in [-0.25, -0.2) is 16.8 Å². The topological polar surface area (TPSA) is 227 Å². The Bertz CT molecular complexity index is 1230. The fourth-order valence-electron chi connectivity index (χ4n) is 6.21. The first-order valence-corrected chi connectivity index (χ1v) is 16.7. The number of hydrogen-bond donors (Lipinski definition) is 0. The fourth-order valence-corrected chi connectivity index (χ4v) is 6.85. The first kappa shape index (κ1) is 37.8. The van der Waals surface area contributed by atoms with E-state index in [1.165, 1.54) is 0 Å². The molecule has 6 saturated heterocycles. The molecule has 2 N–H and O–H groups in total. The summed E-state index contributed by atoms with van der Waals surface area (Å²) in [6.45, 7) is 13.2. The maximum absolute atomic E-state index is 11.0. The predicted molar refractivity (Wildman–Crippen MR) is 143 cm³/mol. The summed E-state index contributed by atoms with van der Waals surface area (Å²) in [5.74, 6) is -6.53. The second-order valence-corrected chi connectivity index (χ2v) is 15.3. The van der Waals surface area contributed by atoms with Gasteiger partial charge in [0.05, 0.1) is 13.2 Å². The molecule has 0 aromatic carbocycles. The third-order valence-corrected chi connectivity index (χ3v) is 8.24. The number of hydrogen-bond acceptors (Lipinski definition) is 16. The Morgan fingerprint density at radius 1 is 0.578 bits per heavy atom. The Hall–Kier alpha value is -0.0366. The van der Waals surface area contributed by atoms with Gasteiger partial charge in [0, 0.05) is 0 Å². The minimum atomic E-state index is -4.39. The quantitative estimate of drug-likeness (QED) is 0.351. The summed E-state index contributed by atoms with van der Waals surface area (Å²) in [6.07, 6.45) is -3.13. The van der Waals surface area contributed by atoms with Crippen LogP contribution in [-0.4, -0.2) is 115 Å². The molecule has 256 valence electrons. The van der Waals surface area contributed by atoms with Crippen molar-refractivity contribution in [3.05, 3.63) is 10.3 Å². The summed E-state index contributed by atoms with van der Waals surface area (Å²) >= 11 is 0. The number of ether oxygens (including phenoxy) is 10. The summed E-state index contributed by atoms with van der Waals surface area (Å²) in [5.41, 5.74) is 0. The van der Waals surface area contributed by atoms with E-state index in [1.807, 2.05) is 0 Å². The molecule has 0 aromatic rings. The molecule has 0 spiro atoms. The van der Waals surface area contributed by atoms with Crippen LogP contribution in [-0.2, 0) is 95.8 Å². The number of rotatable bonds is 6. The zero-order valence-electron chi connectivity index (χ0n) is 26.3. The Labute approximate surface area is 275 Å². The first-order chi connectivity index (χ1) is 19.8. The van der Waals surface area contributed by atoms with Crippen LogP contribution >= 0.6 is 0 Å². The third kappa shape index (κ3) is 8.41. The molecule has 6 fully saturated rings. The molecule has 45 heavy (non-hydrogen) atoms. The average Bonchev–Trinajstić information content (AvgIpc) is 3.50. The van der Waals surface area contributed by atoms with Gasteiger partial charge in [-0.15, -0.1) is 0 Å². The van der Waals surface area contributed by atoms with Gasteiger partial charge >= 0.3 is 19.5 Å². The summed E-state index contributed by atoms with van der Waals surface area (Å²) < 4.78 is 111. The molecule has 0 radical (unpaired) electrons. The van der Waals surface area contributed by atoms with Crippen molar-refractivity contribution in [3.8, 4) is 0 Å². The second kappa shape index (κ2) is 12.1. The smallest absolute Gasteiger partial charge is 0.540 e. The van der Waals surface area contributed by atoms with E-state index >= 15 is 0 Å². The van der Waals surface area contributed by atoms with Crippen molar-refractivity contribution >= 4 is 20.6 Å². The molecule has 0 saturated carbocycles. The Kier molecular flexibility index (Phi) is 10.1. The zero-order valence-corrected chi connectivity index (χ0v) is 30.9. The average molecular weight is 742 g/mol. The largest absolute Gasteiger partial charge is 2.00 e. The Morgan fingerprint density at radius 2 is 0.911 bits per heavy atom. The van der Waals surface area contributed by atoms with E-state index in [9.17, 15) is 16.8 Å². The maximum Gasteiger partial charge on any atom is 2.00 e. The van der Waals surface area contributed by atoms with E-state index in [-0.39, 0.29) is 44.9 Å². The van der Waals surface area contributed by atoms with Gasteiger partial charge in [-0.2, -0.15) is 0 Å². The van der Waals surface area contributed by atoms with E-state index in [0.29, 0.717) is 0 Å². The van der Waals surface area contributed by atoms with Crippen LogP contribution in [0.25, 0.3) is 10.3 Å². The monoisotopic (exact) mass is 740 g/mol. The molecule has 6 heterocycles. The summed E-state index contributed by atoms with van der Waals surface area (Å²) in [6, 6.07) is 0. The zero-order chi connectivity index (χ0) is 32.8. The van der Waals surface area contributed by atoms with Crippen molar-refractivity contribution in [3.63, 3.8) is 0 Å². The second-order valence-electron chi connectivity index (χ2n) is 13.0. The normalized spacial score (nSPS) is 41.9. The molecule has 0 aliphatic carbocycles. The van der Waals surface area contributed by atoms with E-state index in [4.69, 9.17) is 57.6 Å². The van der Waals surface area contributed by atoms with Crippen LogP contribution in [0.15, 0.2) is 0 Å². The van der Waals surface area contributed by atoms with Gasteiger partial charge < -0.3 is 57.6 Å². The number of fused-ring (bicyclic) bond motifs is 6. The van der Waals surface area contributed by atoms with Gasteiger partial charge in [0.25, 0.3) is 0 Å². The van der Waals surface area contributed by atoms with Crippen molar-refractivity contribution in [1.29, 1.82) is 0 Å². The SMILES string of the molecule is CC1(C)O[C@@H]2[C@@H](CO[C@@]3(COS([NH-])(=O)=O)OC(C)(C)O[C@@H]23)O1.CC1(C)O[C@@H]2[C@@H](CO[C@@]3(COS([NH-])(=O)=O)OC(C)(C)O[C@@H]23)O1.[Zn+2]. The van der Waals surface area contributed by atoms with E-state index in [2.05, 4.69) is 8.37 Å². The minimum Gasteiger partial charge on any atom is -0.540 e. The van der Waals surface area contributed by atoms with Crippen LogP contribution in [0, 0.1) is 0 Å². The maximum atomic E-state index is 11.0. The van der Waals surface area contributed by atoms with Crippen molar-refractivity contribution in [1.82, 2.24) is 0 Å². The summed E-state index contributed by atoms with van der Waals surface area (Å²) in [5, 5.41) is 13.7. The van der Waals surface area contributed by atoms with Crippen molar-refractivity contribution in [2.75, 3.05) is 26.4 Å². The van der Waals surface area contributed by atoms with Crippen molar-refractivity contribution in [2.45, 2.75) is 127 Å². The van der Waals surface area contributed by atoms with Gasteiger partial charge in [-0.05, 0) is 55.4 Å². The molecule has 21 heteroatoms. The van der Waals surface area contributed by atoms with E-state index in [1.54, 1.807) is 55.4 Å². The molecule has 8 atom stereocenters. The van der Waals surface area contributed by atoms with Crippen LogP contribution in [0.2, 0.25) is 0 Å². The van der Waals surface area contributed by atoms with Crippen LogP contribution < -0.4 is 0 Å². The molecule has 0 aromatic heterocycles. The molecular weight excluding hydrogens is 702 g/mol. The van der Waals surface area contributed by atoms with E-state index < -0.39 is 93.0 Å². The fraction of sp³-hybridized carbons (Fsp3) is 1.00. The molecule has 0 bridgehead atoms. The van der Waals surface area contributed by atoms with Crippen LogP contribution in [0.1, 0.15) is 55.4 Å². The molecule has 6 aliphatic heterocycles. The van der Waals surface area contributed by atoms with Gasteiger partial charge in [0.2, 0.25) is 11.6 Å². The predicted octanol–water partition coefficient (Wildman–Crippen LogP) is 1.39. The molecular formula is C24H40N2O16S2Zn. The summed E-state index contributed by atoms with van der Waals surface area (Å²) in [4.78, 5) is 0. The van der Waals surface area contributed by atoms with E-state index in [0.717, 1.165) is 0 Å².